The van der Waals surface area contributed by atoms with Gasteiger partial charge in [-0.2, -0.15) is 0 Å². The lowest BCUT2D eigenvalue weighted by atomic mass is 10.0. The van der Waals surface area contributed by atoms with Crippen LogP contribution in [-0.4, -0.2) is 20.4 Å². The fraction of sp³-hybridized carbons (Fsp3) is 0.118. The number of rotatable bonds is 1. The van der Waals surface area contributed by atoms with Crippen LogP contribution in [-0.2, 0) is 0 Å². The molecular formula is C17H14O6. The van der Waals surface area contributed by atoms with Gasteiger partial charge in [0, 0.05) is 5.56 Å². The second-order valence-electron chi connectivity index (χ2n) is 5.43. The van der Waals surface area contributed by atoms with Crippen LogP contribution in [0.15, 0.2) is 33.5 Å². The molecule has 3 aromatic rings. The number of phenols is 3. The van der Waals surface area contributed by atoms with Gasteiger partial charge in [-0.3, -0.25) is 4.79 Å². The van der Waals surface area contributed by atoms with Crippen LogP contribution in [0.25, 0.3) is 22.3 Å². The smallest absolute Gasteiger partial charge is 0.238 e. The van der Waals surface area contributed by atoms with Crippen molar-refractivity contribution < 1.29 is 24.8 Å². The Morgan fingerprint density at radius 2 is 1.57 bits per heavy atom. The molecule has 0 unspecified atom stereocenters. The summed E-state index contributed by atoms with van der Waals surface area (Å²) < 4.78 is 5.57. The molecule has 0 saturated heterocycles. The molecule has 0 atom stereocenters. The van der Waals surface area contributed by atoms with Crippen molar-refractivity contribution in [3.05, 3.63) is 45.6 Å². The van der Waals surface area contributed by atoms with Crippen LogP contribution in [0.1, 0.15) is 11.1 Å². The number of phenolic OH excluding ortho intramolecular Hbond substituents is 3. The summed E-state index contributed by atoms with van der Waals surface area (Å²) in [5.74, 6) is -1.79. The molecule has 0 fully saturated rings. The average Bonchev–Trinajstić information content (AvgIpc) is 2.47. The van der Waals surface area contributed by atoms with E-state index in [-0.39, 0.29) is 33.8 Å². The molecule has 23 heavy (non-hydrogen) atoms. The Morgan fingerprint density at radius 3 is 2.22 bits per heavy atom. The van der Waals surface area contributed by atoms with Gasteiger partial charge in [0.25, 0.3) is 0 Å². The summed E-state index contributed by atoms with van der Waals surface area (Å²) in [6, 6.07) is 5.61. The van der Waals surface area contributed by atoms with Crippen molar-refractivity contribution in [1.82, 2.24) is 0 Å². The highest BCUT2D eigenvalue weighted by molar-refractivity contribution is 5.87. The molecule has 2 aromatic carbocycles. The fourth-order valence-corrected chi connectivity index (χ4v) is 2.51. The first-order valence-corrected chi connectivity index (χ1v) is 6.82. The Hall–Kier alpha value is -3.15. The molecule has 6 heteroatoms. The monoisotopic (exact) mass is 314 g/mol. The number of aryl methyl sites for hydroxylation is 2. The molecule has 0 bridgehead atoms. The summed E-state index contributed by atoms with van der Waals surface area (Å²) in [5.41, 5.74) is 0.610. The average molecular weight is 314 g/mol. The van der Waals surface area contributed by atoms with Crippen LogP contribution in [0, 0.1) is 13.8 Å². The maximum Gasteiger partial charge on any atom is 0.238 e. The predicted molar refractivity (Wildman–Crippen MR) is 84.1 cm³/mol. The van der Waals surface area contributed by atoms with Crippen molar-refractivity contribution in [2.45, 2.75) is 13.8 Å². The van der Waals surface area contributed by atoms with Gasteiger partial charge < -0.3 is 24.8 Å². The maximum atomic E-state index is 12.3. The van der Waals surface area contributed by atoms with Gasteiger partial charge >= 0.3 is 0 Å². The Bertz CT molecular complexity index is 977. The summed E-state index contributed by atoms with van der Waals surface area (Å²) in [5, 5.41) is 39.2. The van der Waals surface area contributed by atoms with Gasteiger partial charge in [0.2, 0.25) is 11.2 Å². The van der Waals surface area contributed by atoms with E-state index in [9.17, 15) is 25.2 Å². The normalized spacial score (nSPS) is 11.0. The molecule has 0 radical (unpaired) electrons. The third-order valence-electron chi connectivity index (χ3n) is 3.64. The van der Waals surface area contributed by atoms with E-state index < -0.39 is 16.9 Å². The molecule has 3 rings (SSSR count). The van der Waals surface area contributed by atoms with Gasteiger partial charge in [0.05, 0.1) is 0 Å². The second kappa shape index (κ2) is 4.95. The fourth-order valence-electron chi connectivity index (χ4n) is 2.51. The Labute approximate surface area is 130 Å². The second-order valence-corrected chi connectivity index (χ2v) is 5.43. The Balaban J connectivity index is 2.40. The molecule has 4 N–H and O–H groups in total. The summed E-state index contributed by atoms with van der Waals surface area (Å²) >= 11 is 0. The molecular weight excluding hydrogens is 300 g/mol. The van der Waals surface area contributed by atoms with Crippen LogP contribution < -0.4 is 5.43 Å². The van der Waals surface area contributed by atoms with Crippen LogP contribution in [0.4, 0.5) is 0 Å². The van der Waals surface area contributed by atoms with E-state index in [1.165, 1.54) is 18.2 Å². The molecule has 6 nitrogen and oxygen atoms in total. The first-order valence-electron chi connectivity index (χ1n) is 6.82. The van der Waals surface area contributed by atoms with E-state index in [1.807, 2.05) is 0 Å². The molecule has 0 aliphatic heterocycles. The van der Waals surface area contributed by atoms with Crippen LogP contribution in [0.2, 0.25) is 0 Å². The minimum absolute atomic E-state index is 0.114. The van der Waals surface area contributed by atoms with E-state index in [2.05, 4.69) is 0 Å². The van der Waals surface area contributed by atoms with Crippen molar-refractivity contribution in [1.29, 1.82) is 0 Å². The van der Waals surface area contributed by atoms with Gasteiger partial charge in [-0.25, -0.2) is 0 Å². The lowest BCUT2D eigenvalue weighted by Crippen LogP contribution is -2.03. The zero-order valence-corrected chi connectivity index (χ0v) is 12.4. The van der Waals surface area contributed by atoms with Crippen molar-refractivity contribution in [3.63, 3.8) is 0 Å². The largest absolute Gasteiger partial charge is 0.507 e. The SMILES string of the molecule is Cc1cc(O)c2c(=O)c(O)c(-c3cc(C)c(O)c(O)c3)oc2c1. The van der Waals surface area contributed by atoms with E-state index in [4.69, 9.17) is 4.42 Å². The number of hydrogen-bond donors (Lipinski definition) is 4. The highest BCUT2D eigenvalue weighted by Gasteiger charge is 2.19. The minimum Gasteiger partial charge on any atom is -0.507 e. The number of benzene rings is 2. The number of fused-ring (bicyclic) bond motifs is 1. The van der Waals surface area contributed by atoms with Crippen LogP contribution in [0.5, 0.6) is 23.0 Å². The molecule has 0 saturated carbocycles. The van der Waals surface area contributed by atoms with E-state index in [0.717, 1.165) is 0 Å². The lowest BCUT2D eigenvalue weighted by molar-refractivity contribution is 0.401. The summed E-state index contributed by atoms with van der Waals surface area (Å²) in [4.78, 5) is 12.3. The standard InChI is InChI=1S/C17H14O6/c1-7-3-10(18)13-12(4-7)23-17(16(22)15(13)21)9-5-8(2)14(20)11(19)6-9/h3-6,18-20,22H,1-2H3. The van der Waals surface area contributed by atoms with Gasteiger partial charge in [-0.1, -0.05) is 0 Å². The molecule has 0 aliphatic carbocycles. The summed E-state index contributed by atoms with van der Waals surface area (Å²) in [6.45, 7) is 3.28. The minimum atomic E-state index is -0.774. The predicted octanol–water partition coefficient (Wildman–Crippen LogP) is 2.90. The van der Waals surface area contributed by atoms with Gasteiger partial charge in [-0.05, 0) is 49.2 Å². The third kappa shape index (κ3) is 2.24. The Morgan fingerprint density at radius 1 is 0.870 bits per heavy atom. The molecule has 0 amide bonds. The lowest BCUT2D eigenvalue weighted by Gasteiger charge is -2.10. The third-order valence-corrected chi connectivity index (χ3v) is 3.64. The molecule has 0 aliphatic rings. The highest BCUT2D eigenvalue weighted by Crippen LogP contribution is 2.38. The van der Waals surface area contributed by atoms with Crippen molar-refractivity contribution in [2.24, 2.45) is 0 Å². The number of hydrogen-bond acceptors (Lipinski definition) is 6. The van der Waals surface area contributed by atoms with Crippen molar-refractivity contribution in [2.75, 3.05) is 0 Å². The summed E-state index contributed by atoms with van der Waals surface area (Å²) in [7, 11) is 0. The van der Waals surface area contributed by atoms with Crippen molar-refractivity contribution in [3.8, 4) is 34.3 Å². The van der Waals surface area contributed by atoms with Crippen molar-refractivity contribution >= 4 is 11.0 Å². The topological polar surface area (TPSA) is 111 Å². The van der Waals surface area contributed by atoms with E-state index >= 15 is 0 Å². The zero-order chi connectivity index (χ0) is 16.9. The van der Waals surface area contributed by atoms with Gasteiger partial charge in [0.15, 0.2) is 17.3 Å². The van der Waals surface area contributed by atoms with Crippen LogP contribution in [0.3, 0.4) is 0 Å². The van der Waals surface area contributed by atoms with Gasteiger partial charge in [-0.15, -0.1) is 0 Å². The first-order chi connectivity index (χ1) is 10.8. The summed E-state index contributed by atoms with van der Waals surface area (Å²) in [6.07, 6.45) is 0. The Kier molecular flexibility index (Phi) is 3.18. The molecule has 118 valence electrons. The van der Waals surface area contributed by atoms with Gasteiger partial charge in [0.1, 0.15) is 16.7 Å². The molecule has 1 heterocycles. The van der Waals surface area contributed by atoms with E-state index in [1.54, 1.807) is 19.9 Å². The maximum absolute atomic E-state index is 12.3. The first kappa shape index (κ1) is 14.8. The molecule has 1 aromatic heterocycles. The molecule has 0 spiro atoms. The van der Waals surface area contributed by atoms with Crippen LogP contribution >= 0.6 is 0 Å². The quantitative estimate of drug-likeness (QED) is 0.514. The number of aromatic hydroxyl groups is 4. The zero-order valence-electron chi connectivity index (χ0n) is 12.4. The van der Waals surface area contributed by atoms with E-state index in [0.29, 0.717) is 11.1 Å². The highest BCUT2D eigenvalue weighted by atomic mass is 16.4.